The molecule has 17 heavy (non-hydrogen) atoms. The summed E-state index contributed by atoms with van der Waals surface area (Å²) in [6.45, 7) is 0. The molecule has 6 nitrogen and oxygen atoms in total. The molecule has 0 radical (unpaired) electrons. The summed E-state index contributed by atoms with van der Waals surface area (Å²) in [4.78, 5) is 8.27. The Morgan fingerprint density at radius 1 is 1.29 bits per heavy atom. The summed E-state index contributed by atoms with van der Waals surface area (Å²) >= 11 is 0. The van der Waals surface area contributed by atoms with E-state index >= 15 is 0 Å². The van der Waals surface area contributed by atoms with Crippen LogP contribution in [0.3, 0.4) is 0 Å². The van der Waals surface area contributed by atoms with Gasteiger partial charge in [0.1, 0.15) is 11.3 Å². The molecule has 1 heterocycles. The first-order valence-electron chi connectivity index (χ1n) is 5.33. The van der Waals surface area contributed by atoms with Gasteiger partial charge in [0, 0.05) is 20.0 Å². The van der Waals surface area contributed by atoms with Crippen LogP contribution in [0.5, 0.6) is 11.8 Å². The van der Waals surface area contributed by atoms with Gasteiger partial charge in [0.05, 0.1) is 26.5 Å². The third-order valence-corrected chi connectivity index (χ3v) is 3.03. The lowest BCUT2D eigenvalue weighted by Gasteiger charge is -2.42. The van der Waals surface area contributed by atoms with Crippen molar-refractivity contribution in [1.82, 2.24) is 9.97 Å². The van der Waals surface area contributed by atoms with Crippen molar-refractivity contribution in [2.24, 2.45) is 0 Å². The Morgan fingerprint density at radius 2 is 2.00 bits per heavy atom. The van der Waals surface area contributed by atoms with Crippen LogP contribution in [-0.2, 0) is 10.3 Å². The van der Waals surface area contributed by atoms with E-state index in [4.69, 9.17) is 14.2 Å². The molecular formula is C11H16N2O4. The number of hydrogen-bond donors (Lipinski definition) is 1. The molecule has 0 unspecified atom stereocenters. The van der Waals surface area contributed by atoms with Crippen LogP contribution in [0, 0.1) is 0 Å². The summed E-state index contributed by atoms with van der Waals surface area (Å²) < 4.78 is 15.2. The van der Waals surface area contributed by atoms with E-state index in [0.29, 0.717) is 30.3 Å². The van der Waals surface area contributed by atoms with E-state index in [1.165, 1.54) is 20.4 Å². The molecule has 0 aromatic carbocycles. The summed E-state index contributed by atoms with van der Waals surface area (Å²) in [7, 11) is 4.62. The molecule has 1 N–H and O–H groups in total. The molecular weight excluding hydrogens is 224 g/mol. The zero-order chi connectivity index (χ0) is 12.5. The Kier molecular flexibility index (Phi) is 3.17. The fourth-order valence-corrected chi connectivity index (χ4v) is 1.97. The SMILES string of the molecule is COc1cnc(C2(O)CC(OC)C2)c(OC)n1. The van der Waals surface area contributed by atoms with E-state index in [0.717, 1.165) is 0 Å². The van der Waals surface area contributed by atoms with E-state index in [9.17, 15) is 5.11 Å². The van der Waals surface area contributed by atoms with Crippen molar-refractivity contribution in [2.45, 2.75) is 24.5 Å². The van der Waals surface area contributed by atoms with Crippen LogP contribution >= 0.6 is 0 Å². The van der Waals surface area contributed by atoms with Gasteiger partial charge in [-0.1, -0.05) is 0 Å². The molecule has 1 fully saturated rings. The molecule has 0 amide bonds. The van der Waals surface area contributed by atoms with Gasteiger partial charge in [0.25, 0.3) is 0 Å². The van der Waals surface area contributed by atoms with E-state index in [1.54, 1.807) is 7.11 Å². The van der Waals surface area contributed by atoms with Gasteiger partial charge < -0.3 is 19.3 Å². The van der Waals surface area contributed by atoms with Gasteiger partial charge in [-0.3, -0.25) is 0 Å². The number of ether oxygens (including phenoxy) is 3. The number of hydrogen-bond acceptors (Lipinski definition) is 6. The number of rotatable bonds is 4. The van der Waals surface area contributed by atoms with Gasteiger partial charge >= 0.3 is 0 Å². The van der Waals surface area contributed by atoms with Crippen LogP contribution in [0.2, 0.25) is 0 Å². The lowest BCUT2D eigenvalue weighted by atomic mass is 9.75. The van der Waals surface area contributed by atoms with Crippen LogP contribution < -0.4 is 9.47 Å². The molecule has 1 aromatic heterocycles. The molecule has 0 aliphatic heterocycles. The molecule has 1 aliphatic carbocycles. The van der Waals surface area contributed by atoms with Crippen LogP contribution in [-0.4, -0.2) is 42.5 Å². The van der Waals surface area contributed by atoms with E-state index in [-0.39, 0.29) is 6.10 Å². The minimum absolute atomic E-state index is 0.0635. The van der Waals surface area contributed by atoms with Gasteiger partial charge in [0.2, 0.25) is 11.8 Å². The topological polar surface area (TPSA) is 73.7 Å². The standard InChI is InChI=1S/C11H16N2O4/c1-15-7-4-11(14,5-7)9-10(17-3)13-8(16-2)6-12-9/h6-7,14H,4-5H2,1-3H3. The summed E-state index contributed by atoms with van der Waals surface area (Å²) in [5, 5.41) is 10.4. The largest absolute Gasteiger partial charge is 0.480 e. The average molecular weight is 240 g/mol. The van der Waals surface area contributed by atoms with E-state index in [1.807, 2.05) is 0 Å². The first-order valence-corrected chi connectivity index (χ1v) is 5.33. The van der Waals surface area contributed by atoms with Crippen molar-refractivity contribution < 1.29 is 19.3 Å². The number of aromatic nitrogens is 2. The zero-order valence-corrected chi connectivity index (χ0v) is 10.1. The van der Waals surface area contributed by atoms with Gasteiger partial charge in [-0.05, 0) is 0 Å². The molecule has 1 aliphatic rings. The lowest BCUT2D eigenvalue weighted by Crippen LogP contribution is -2.46. The maximum absolute atomic E-state index is 10.4. The predicted octanol–water partition coefficient (Wildman–Crippen LogP) is 0.490. The summed E-state index contributed by atoms with van der Waals surface area (Å²) in [5.74, 6) is 0.651. The normalized spacial score (nSPS) is 27.4. The monoisotopic (exact) mass is 240 g/mol. The van der Waals surface area contributed by atoms with Crippen LogP contribution in [0.25, 0.3) is 0 Å². The molecule has 0 bridgehead atoms. The minimum atomic E-state index is -1.01. The van der Waals surface area contributed by atoms with E-state index in [2.05, 4.69) is 9.97 Å². The fraction of sp³-hybridized carbons (Fsp3) is 0.636. The second-order valence-electron chi connectivity index (χ2n) is 4.07. The van der Waals surface area contributed by atoms with Crippen molar-refractivity contribution in [3.8, 4) is 11.8 Å². The zero-order valence-electron chi connectivity index (χ0n) is 10.1. The summed E-state index contributed by atoms with van der Waals surface area (Å²) in [6.07, 6.45) is 2.53. The highest BCUT2D eigenvalue weighted by molar-refractivity contribution is 5.30. The van der Waals surface area contributed by atoms with Crippen LogP contribution in [0.15, 0.2) is 6.20 Å². The second-order valence-corrected chi connectivity index (χ2v) is 4.07. The first kappa shape index (κ1) is 12.1. The molecule has 0 spiro atoms. The van der Waals surface area contributed by atoms with Crippen LogP contribution in [0.1, 0.15) is 18.5 Å². The highest BCUT2D eigenvalue weighted by Crippen LogP contribution is 2.44. The van der Waals surface area contributed by atoms with Gasteiger partial charge in [0.15, 0.2) is 0 Å². The van der Waals surface area contributed by atoms with Crippen LogP contribution in [0.4, 0.5) is 0 Å². The average Bonchev–Trinajstić information content (AvgIpc) is 2.34. The predicted molar refractivity (Wildman–Crippen MR) is 59.1 cm³/mol. The molecule has 94 valence electrons. The Hall–Kier alpha value is -1.40. The van der Waals surface area contributed by atoms with Crippen molar-refractivity contribution >= 4 is 0 Å². The quantitative estimate of drug-likeness (QED) is 0.825. The number of methoxy groups -OCH3 is 3. The molecule has 6 heteroatoms. The minimum Gasteiger partial charge on any atom is -0.480 e. The number of aliphatic hydroxyl groups is 1. The fourth-order valence-electron chi connectivity index (χ4n) is 1.97. The molecule has 2 rings (SSSR count). The molecule has 1 aromatic rings. The number of nitrogens with zero attached hydrogens (tertiary/aromatic N) is 2. The third kappa shape index (κ3) is 2.05. The Bertz CT molecular complexity index is 404. The molecule has 1 saturated carbocycles. The summed E-state index contributed by atoms with van der Waals surface area (Å²) in [6, 6.07) is 0. The lowest BCUT2D eigenvalue weighted by molar-refractivity contribution is -0.136. The van der Waals surface area contributed by atoms with Crippen molar-refractivity contribution in [3.63, 3.8) is 0 Å². The van der Waals surface area contributed by atoms with Gasteiger partial charge in [-0.2, -0.15) is 4.98 Å². The highest BCUT2D eigenvalue weighted by Gasteiger charge is 2.47. The van der Waals surface area contributed by atoms with Gasteiger partial charge in [-0.25, -0.2) is 4.98 Å². The smallest absolute Gasteiger partial charge is 0.241 e. The molecule has 0 saturated heterocycles. The van der Waals surface area contributed by atoms with Gasteiger partial charge in [-0.15, -0.1) is 0 Å². The van der Waals surface area contributed by atoms with Crippen molar-refractivity contribution in [1.29, 1.82) is 0 Å². The first-order chi connectivity index (χ1) is 8.12. The Morgan fingerprint density at radius 3 is 2.53 bits per heavy atom. The molecule has 0 atom stereocenters. The Balaban J connectivity index is 2.27. The Labute approximate surface area is 99.6 Å². The van der Waals surface area contributed by atoms with Crippen molar-refractivity contribution in [2.75, 3.05) is 21.3 Å². The maximum Gasteiger partial charge on any atom is 0.241 e. The third-order valence-electron chi connectivity index (χ3n) is 3.03. The maximum atomic E-state index is 10.4. The summed E-state index contributed by atoms with van der Waals surface area (Å²) in [5.41, 5.74) is -0.570. The highest BCUT2D eigenvalue weighted by atomic mass is 16.5. The van der Waals surface area contributed by atoms with E-state index < -0.39 is 5.60 Å². The van der Waals surface area contributed by atoms with Crippen molar-refractivity contribution in [3.05, 3.63) is 11.9 Å². The second kappa shape index (κ2) is 4.46.